The number of halogens is 6. The van der Waals surface area contributed by atoms with E-state index >= 15 is 0 Å². The Morgan fingerprint density at radius 3 is 2.61 bits per heavy atom. The fraction of sp³-hybridized carbons (Fsp3) is 0.0714. The van der Waals surface area contributed by atoms with E-state index in [1.807, 2.05) is 0 Å². The number of carbonyl (C=O) groups excluding carboxylic acids is 2. The third kappa shape index (κ3) is 4.76. The van der Waals surface area contributed by atoms with Gasteiger partial charge >= 0.3 is 6.18 Å². The molecular weight excluding hydrogens is 569 g/mol. The smallest absolute Gasteiger partial charge is 0.341 e. The number of aromatic nitrogens is 3. The summed E-state index contributed by atoms with van der Waals surface area (Å²) in [7, 11) is 0. The fourth-order valence-electron chi connectivity index (χ4n) is 4.79. The Hall–Kier alpha value is -4.84. The molecule has 6 rings (SSSR count). The number of fused-ring (bicyclic) bond motifs is 2. The van der Waals surface area contributed by atoms with Gasteiger partial charge in [0.2, 0.25) is 0 Å². The summed E-state index contributed by atoms with van der Waals surface area (Å²) < 4.78 is 69.9. The molecule has 3 aromatic carbocycles. The first kappa shape index (κ1) is 26.4. The Labute approximate surface area is 232 Å². The summed E-state index contributed by atoms with van der Waals surface area (Å²) in [6.07, 6.45) is 1.28. The van der Waals surface area contributed by atoms with Crippen LogP contribution in [0.25, 0.3) is 16.9 Å². The first-order chi connectivity index (χ1) is 19.5. The molecular formula is C28H15ClF5N5O2. The Morgan fingerprint density at radius 1 is 1.02 bits per heavy atom. The molecule has 0 radical (unpaired) electrons. The van der Waals surface area contributed by atoms with Crippen LogP contribution in [0.15, 0.2) is 73.3 Å². The lowest BCUT2D eigenvalue weighted by atomic mass is 9.93. The summed E-state index contributed by atoms with van der Waals surface area (Å²) in [5.74, 6) is -3.53. The molecule has 0 aliphatic carbocycles. The SMILES string of the molecule is O=C(Nc1cc(-c2cnc3cnccn23)cc2c1C(c1cc(F)ccc1Cl)NC2=O)c1cc(F)cc(C(F)(F)F)c1. The van der Waals surface area contributed by atoms with Crippen molar-refractivity contribution in [2.45, 2.75) is 12.2 Å². The Balaban J connectivity index is 1.53. The van der Waals surface area contributed by atoms with Gasteiger partial charge in [-0.3, -0.25) is 19.0 Å². The number of hydrogen-bond acceptors (Lipinski definition) is 4. The molecule has 0 saturated heterocycles. The molecule has 2 amide bonds. The molecule has 2 N–H and O–H groups in total. The summed E-state index contributed by atoms with van der Waals surface area (Å²) >= 11 is 6.33. The normalized spacial score (nSPS) is 14.7. The van der Waals surface area contributed by atoms with E-state index in [1.54, 1.807) is 16.7 Å². The standard InChI is InChI=1S/C28H15ClF5N5O2/c29-20-2-1-16(30)10-18(20)25-24-19(27(41)38-25)7-13(22-11-36-23-12-35-3-4-39(22)23)8-21(24)37-26(40)14-5-15(28(32,33)34)9-17(31)6-14/h1-12,25H,(H,37,40)(H,38,41). The molecule has 1 unspecified atom stereocenters. The second kappa shape index (κ2) is 9.66. The minimum Gasteiger partial charge on any atom is -0.341 e. The number of imidazole rings is 1. The minimum atomic E-state index is -4.90. The van der Waals surface area contributed by atoms with Crippen molar-refractivity contribution in [3.05, 3.63) is 118 Å². The maximum Gasteiger partial charge on any atom is 0.416 e. The second-order valence-electron chi connectivity index (χ2n) is 9.19. The maximum atomic E-state index is 14.2. The average Bonchev–Trinajstić information content (AvgIpc) is 3.50. The van der Waals surface area contributed by atoms with Crippen LogP contribution in [0, 0.1) is 11.6 Å². The number of amides is 2. The van der Waals surface area contributed by atoms with Crippen molar-refractivity contribution in [2.24, 2.45) is 0 Å². The monoisotopic (exact) mass is 583 g/mol. The lowest BCUT2D eigenvalue weighted by molar-refractivity contribution is -0.137. The van der Waals surface area contributed by atoms with Crippen molar-refractivity contribution in [1.29, 1.82) is 0 Å². The molecule has 1 aliphatic rings. The number of hydrogen-bond donors (Lipinski definition) is 2. The second-order valence-corrected chi connectivity index (χ2v) is 9.59. The van der Waals surface area contributed by atoms with Crippen LogP contribution < -0.4 is 10.6 Å². The van der Waals surface area contributed by atoms with Gasteiger partial charge in [0, 0.05) is 50.9 Å². The summed E-state index contributed by atoms with van der Waals surface area (Å²) in [6, 6.07) is 7.04. The maximum absolute atomic E-state index is 14.2. The minimum absolute atomic E-state index is 0.00741. The highest BCUT2D eigenvalue weighted by Gasteiger charge is 2.36. The molecule has 3 heterocycles. The molecule has 206 valence electrons. The number of anilines is 1. The number of benzene rings is 3. The van der Waals surface area contributed by atoms with Crippen LogP contribution >= 0.6 is 11.6 Å². The van der Waals surface area contributed by atoms with Crippen LogP contribution in [-0.2, 0) is 6.18 Å². The molecule has 41 heavy (non-hydrogen) atoms. The fourth-order valence-corrected chi connectivity index (χ4v) is 5.01. The van der Waals surface area contributed by atoms with Crippen molar-refractivity contribution >= 4 is 34.7 Å². The van der Waals surface area contributed by atoms with Crippen LogP contribution in [0.3, 0.4) is 0 Å². The van der Waals surface area contributed by atoms with Crippen molar-refractivity contribution in [3.8, 4) is 11.3 Å². The van der Waals surface area contributed by atoms with Crippen molar-refractivity contribution in [3.63, 3.8) is 0 Å². The van der Waals surface area contributed by atoms with Crippen LogP contribution in [0.4, 0.5) is 27.6 Å². The molecule has 2 aromatic heterocycles. The predicted molar refractivity (Wildman–Crippen MR) is 138 cm³/mol. The number of nitrogens with one attached hydrogen (secondary N) is 2. The number of nitrogens with zero attached hydrogens (tertiary/aromatic N) is 3. The first-order valence-electron chi connectivity index (χ1n) is 11.9. The molecule has 7 nitrogen and oxygen atoms in total. The van der Waals surface area contributed by atoms with E-state index in [9.17, 15) is 31.5 Å². The molecule has 5 aromatic rings. The van der Waals surface area contributed by atoms with Gasteiger partial charge < -0.3 is 10.6 Å². The molecule has 1 atom stereocenters. The van der Waals surface area contributed by atoms with E-state index in [0.29, 0.717) is 29.0 Å². The highest BCUT2D eigenvalue weighted by molar-refractivity contribution is 6.31. The van der Waals surface area contributed by atoms with Crippen LogP contribution in [-0.4, -0.2) is 26.2 Å². The molecule has 0 spiro atoms. The summed E-state index contributed by atoms with van der Waals surface area (Å²) in [5, 5.41) is 5.37. The Kier molecular flexibility index (Phi) is 6.22. The highest BCUT2D eigenvalue weighted by atomic mass is 35.5. The number of carbonyl (C=O) groups is 2. The van der Waals surface area contributed by atoms with Gasteiger partial charge in [-0.2, -0.15) is 13.2 Å². The Bertz CT molecular complexity index is 1890. The zero-order valence-corrected chi connectivity index (χ0v) is 21.2. The quantitative estimate of drug-likeness (QED) is 0.239. The van der Waals surface area contributed by atoms with Gasteiger partial charge in [-0.05, 0) is 48.5 Å². The van der Waals surface area contributed by atoms with E-state index < -0.39 is 46.8 Å². The van der Waals surface area contributed by atoms with E-state index in [2.05, 4.69) is 20.6 Å². The first-order valence-corrected chi connectivity index (χ1v) is 12.3. The lowest BCUT2D eigenvalue weighted by Gasteiger charge is -2.19. The summed E-state index contributed by atoms with van der Waals surface area (Å²) in [4.78, 5) is 34.7. The lowest BCUT2D eigenvalue weighted by Crippen LogP contribution is -2.21. The zero-order chi connectivity index (χ0) is 29.1. The number of rotatable bonds is 4. The summed E-state index contributed by atoms with van der Waals surface area (Å²) in [6.45, 7) is 0. The molecule has 0 fully saturated rings. The van der Waals surface area contributed by atoms with Crippen molar-refractivity contribution in [1.82, 2.24) is 19.7 Å². The predicted octanol–water partition coefficient (Wildman–Crippen LogP) is 6.43. The van der Waals surface area contributed by atoms with Gasteiger partial charge in [0.15, 0.2) is 5.65 Å². The number of alkyl halides is 3. The van der Waals surface area contributed by atoms with Gasteiger partial charge in [-0.1, -0.05) is 11.6 Å². The largest absolute Gasteiger partial charge is 0.416 e. The molecule has 1 aliphatic heterocycles. The molecule has 0 saturated carbocycles. The van der Waals surface area contributed by atoms with E-state index in [0.717, 1.165) is 12.1 Å². The van der Waals surface area contributed by atoms with Gasteiger partial charge in [-0.25, -0.2) is 13.8 Å². The highest BCUT2D eigenvalue weighted by Crippen LogP contribution is 2.42. The van der Waals surface area contributed by atoms with Gasteiger partial charge in [-0.15, -0.1) is 0 Å². The van der Waals surface area contributed by atoms with Gasteiger partial charge in [0.25, 0.3) is 11.8 Å². The third-order valence-corrected chi connectivity index (χ3v) is 6.95. The van der Waals surface area contributed by atoms with Crippen molar-refractivity contribution < 1.29 is 31.5 Å². The molecule has 13 heteroatoms. The van der Waals surface area contributed by atoms with Gasteiger partial charge in [0.05, 0.1) is 29.7 Å². The van der Waals surface area contributed by atoms with Crippen LogP contribution in [0.2, 0.25) is 5.02 Å². The van der Waals surface area contributed by atoms with Gasteiger partial charge in [0.1, 0.15) is 11.6 Å². The van der Waals surface area contributed by atoms with Crippen LogP contribution in [0.5, 0.6) is 0 Å². The van der Waals surface area contributed by atoms with E-state index in [-0.39, 0.29) is 33.5 Å². The van der Waals surface area contributed by atoms with E-state index in [4.69, 9.17) is 11.6 Å². The van der Waals surface area contributed by atoms with Crippen LogP contribution in [0.1, 0.15) is 43.4 Å². The molecule has 0 bridgehead atoms. The average molecular weight is 584 g/mol. The topological polar surface area (TPSA) is 88.4 Å². The third-order valence-electron chi connectivity index (χ3n) is 6.61. The van der Waals surface area contributed by atoms with E-state index in [1.165, 1.54) is 30.7 Å². The Morgan fingerprint density at radius 2 is 1.83 bits per heavy atom. The zero-order valence-electron chi connectivity index (χ0n) is 20.4. The van der Waals surface area contributed by atoms with Crippen molar-refractivity contribution in [2.75, 3.05) is 5.32 Å². The summed E-state index contributed by atoms with van der Waals surface area (Å²) in [5.41, 5.74) is -0.0510.